The summed E-state index contributed by atoms with van der Waals surface area (Å²) < 4.78 is 7.23. The maximum absolute atomic E-state index is 12.4. The quantitative estimate of drug-likeness (QED) is 0.227. The molecule has 0 radical (unpaired) electrons. The number of carbonyl (C=O) groups excluding carboxylic acids is 1. The molecule has 0 unspecified atom stereocenters. The number of ether oxygens (including phenoxy) is 1. The van der Waals surface area contributed by atoms with Crippen molar-refractivity contribution in [2.75, 3.05) is 12.9 Å². The normalized spacial score (nSPS) is 11.0. The van der Waals surface area contributed by atoms with E-state index >= 15 is 0 Å². The maximum atomic E-state index is 12.4. The molecule has 3 aromatic carbocycles. The SMILES string of the molecule is COc1ccc(-n2c(SCC(=O)NN=Cc3cccc(C)c3)nnc2-c2ccc(C)cc2)cc1. The summed E-state index contributed by atoms with van der Waals surface area (Å²) in [5.41, 5.74) is 7.61. The molecule has 0 aliphatic rings. The van der Waals surface area contributed by atoms with Gasteiger partial charge in [0.15, 0.2) is 11.0 Å². The fraction of sp³-hybridized carbons (Fsp3) is 0.154. The van der Waals surface area contributed by atoms with E-state index in [0.29, 0.717) is 11.0 Å². The van der Waals surface area contributed by atoms with Crippen LogP contribution in [0.4, 0.5) is 0 Å². The molecule has 1 aromatic heterocycles. The molecule has 172 valence electrons. The summed E-state index contributed by atoms with van der Waals surface area (Å²) in [5.74, 6) is 1.38. The standard InChI is InChI=1S/C26H25N5O2S/c1-18-7-9-21(10-8-18)25-29-30-26(31(25)22-11-13-23(33-3)14-12-22)34-17-24(32)28-27-16-20-6-4-5-19(2)15-20/h4-16H,17H2,1-3H3,(H,28,32). The molecule has 0 atom stereocenters. The summed E-state index contributed by atoms with van der Waals surface area (Å²) in [5, 5.41) is 13.5. The minimum atomic E-state index is -0.227. The van der Waals surface area contributed by atoms with Gasteiger partial charge in [-0.25, -0.2) is 5.43 Å². The number of carbonyl (C=O) groups is 1. The second kappa shape index (κ2) is 10.8. The molecule has 8 heteroatoms. The lowest BCUT2D eigenvalue weighted by molar-refractivity contribution is -0.118. The molecule has 0 saturated carbocycles. The largest absolute Gasteiger partial charge is 0.497 e. The Morgan fingerprint density at radius 1 is 1.03 bits per heavy atom. The zero-order valence-electron chi connectivity index (χ0n) is 19.2. The van der Waals surface area contributed by atoms with Crippen molar-refractivity contribution in [3.63, 3.8) is 0 Å². The predicted octanol–water partition coefficient (Wildman–Crippen LogP) is 4.80. The number of hydrazone groups is 1. The van der Waals surface area contributed by atoms with E-state index in [9.17, 15) is 4.79 Å². The van der Waals surface area contributed by atoms with Crippen molar-refractivity contribution in [2.45, 2.75) is 19.0 Å². The Balaban J connectivity index is 1.52. The van der Waals surface area contributed by atoms with Crippen LogP contribution in [0.2, 0.25) is 0 Å². The number of nitrogens with one attached hydrogen (secondary N) is 1. The van der Waals surface area contributed by atoms with Gasteiger partial charge in [0.25, 0.3) is 5.91 Å². The number of hydrogen-bond donors (Lipinski definition) is 1. The Bertz CT molecular complexity index is 1300. The minimum Gasteiger partial charge on any atom is -0.497 e. The fourth-order valence-corrected chi connectivity index (χ4v) is 4.05. The van der Waals surface area contributed by atoms with E-state index in [2.05, 4.69) is 20.7 Å². The highest BCUT2D eigenvalue weighted by atomic mass is 32.2. The average molecular weight is 472 g/mol. The van der Waals surface area contributed by atoms with Gasteiger partial charge in [-0.2, -0.15) is 5.10 Å². The smallest absolute Gasteiger partial charge is 0.250 e. The third kappa shape index (κ3) is 5.71. The number of amides is 1. The van der Waals surface area contributed by atoms with Crippen LogP contribution in [0.3, 0.4) is 0 Å². The molecule has 0 spiro atoms. The van der Waals surface area contributed by atoms with Gasteiger partial charge < -0.3 is 4.74 Å². The van der Waals surface area contributed by atoms with Crippen LogP contribution in [-0.4, -0.2) is 39.7 Å². The van der Waals surface area contributed by atoms with Crippen LogP contribution in [0.5, 0.6) is 5.75 Å². The van der Waals surface area contributed by atoms with Crippen molar-refractivity contribution in [2.24, 2.45) is 5.10 Å². The summed E-state index contributed by atoms with van der Waals surface area (Å²) in [4.78, 5) is 12.4. The first kappa shape index (κ1) is 23.3. The predicted molar refractivity (Wildman–Crippen MR) is 136 cm³/mol. The van der Waals surface area contributed by atoms with Crippen molar-refractivity contribution >= 4 is 23.9 Å². The number of rotatable bonds is 8. The molecule has 1 amide bonds. The van der Waals surface area contributed by atoms with Crippen LogP contribution < -0.4 is 10.2 Å². The summed E-state index contributed by atoms with van der Waals surface area (Å²) in [6.07, 6.45) is 1.63. The number of nitrogens with zero attached hydrogens (tertiary/aromatic N) is 4. The van der Waals surface area contributed by atoms with Gasteiger partial charge in [0.1, 0.15) is 5.75 Å². The van der Waals surface area contributed by atoms with Gasteiger partial charge >= 0.3 is 0 Å². The number of methoxy groups -OCH3 is 1. The molecular formula is C26H25N5O2S. The highest BCUT2D eigenvalue weighted by Gasteiger charge is 2.17. The van der Waals surface area contributed by atoms with E-state index in [1.54, 1.807) is 13.3 Å². The second-order valence-corrected chi connectivity index (χ2v) is 8.64. The summed E-state index contributed by atoms with van der Waals surface area (Å²) in [7, 11) is 1.63. The fourth-order valence-electron chi connectivity index (χ4n) is 3.31. The van der Waals surface area contributed by atoms with E-state index in [-0.39, 0.29) is 11.7 Å². The topological polar surface area (TPSA) is 81.4 Å². The molecule has 34 heavy (non-hydrogen) atoms. The average Bonchev–Trinajstić information content (AvgIpc) is 3.27. The number of hydrogen-bond acceptors (Lipinski definition) is 6. The number of benzene rings is 3. The number of thioether (sulfide) groups is 1. The van der Waals surface area contributed by atoms with Crippen molar-refractivity contribution in [3.8, 4) is 22.8 Å². The Morgan fingerprint density at radius 2 is 1.79 bits per heavy atom. The van der Waals surface area contributed by atoms with Crippen LogP contribution in [0.1, 0.15) is 16.7 Å². The number of aromatic nitrogens is 3. The van der Waals surface area contributed by atoms with E-state index in [0.717, 1.165) is 33.7 Å². The first-order chi connectivity index (χ1) is 16.5. The lowest BCUT2D eigenvalue weighted by Crippen LogP contribution is -2.20. The lowest BCUT2D eigenvalue weighted by atomic mass is 10.1. The minimum absolute atomic E-state index is 0.146. The molecule has 7 nitrogen and oxygen atoms in total. The van der Waals surface area contributed by atoms with Crippen molar-refractivity contribution in [3.05, 3.63) is 89.5 Å². The highest BCUT2D eigenvalue weighted by Crippen LogP contribution is 2.29. The molecule has 0 saturated heterocycles. The summed E-state index contributed by atoms with van der Waals surface area (Å²) in [6, 6.07) is 23.6. The van der Waals surface area contributed by atoms with Gasteiger partial charge in [-0.05, 0) is 43.7 Å². The molecule has 0 bridgehead atoms. The zero-order valence-corrected chi connectivity index (χ0v) is 20.0. The molecule has 1 N–H and O–H groups in total. The van der Waals surface area contributed by atoms with Gasteiger partial charge in [-0.3, -0.25) is 9.36 Å². The molecule has 0 fully saturated rings. The molecule has 0 aliphatic carbocycles. The Hall–Kier alpha value is -3.91. The van der Waals surface area contributed by atoms with Crippen LogP contribution in [0.15, 0.2) is 83.1 Å². The second-order valence-electron chi connectivity index (χ2n) is 7.70. The van der Waals surface area contributed by atoms with Gasteiger partial charge in [-0.15, -0.1) is 10.2 Å². The van der Waals surface area contributed by atoms with E-state index in [4.69, 9.17) is 4.74 Å². The van der Waals surface area contributed by atoms with Crippen LogP contribution in [0, 0.1) is 13.8 Å². The monoisotopic (exact) mass is 471 g/mol. The van der Waals surface area contributed by atoms with Crippen LogP contribution >= 0.6 is 11.8 Å². The van der Waals surface area contributed by atoms with Crippen molar-refractivity contribution < 1.29 is 9.53 Å². The lowest BCUT2D eigenvalue weighted by Gasteiger charge is -2.11. The van der Waals surface area contributed by atoms with E-state index < -0.39 is 0 Å². The first-order valence-corrected chi connectivity index (χ1v) is 11.7. The summed E-state index contributed by atoms with van der Waals surface area (Å²) in [6.45, 7) is 4.05. The maximum Gasteiger partial charge on any atom is 0.250 e. The molecule has 4 aromatic rings. The number of aryl methyl sites for hydroxylation is 2. The molecular weight excluding hydrogens is 446 g/mol. The third-order valence-corrected chi connectivity index (χ3v) is 5.98. The molecule has 0 aliphatic heterocycles. The van der Waals surface area contributed by atoms with E-state index in [1.165, 1.54) is 11.8 Å². The molecule has 1 heterocycles. The Labute approximate surface area is 202 Å². The van der Waals surface area contributed by atoms with Crippen molar-refractivity contribution in [1.82, 2.24) is 20.2 Å². The zero-order chi connectivity index (χ0) is 23.9. The van der Waals surface area contributed by atoms with Crippen LogP contribution in [0.25, 0.3) is 17.1 Å². The van der Waals surface area contributed by atoms with E-state index in [1.807, 2.05) is 91.2 Å². The third-order valence-electron chi connectivity index (χ3n) is 5.05. The van der Waals surface area contributed by atoms with Gasteiger partial charge in [-0.1, -0.05) is 71.4 Å². The Kier molecular flexibility index (Phi) is 7.39. The molecule has 4 rings (SSSR count). The van der Waals surface area contributed by atoms with Gasteiger partial charge in [0.2, 0.25) is 0 Å². The van der Waals surface area contributed by atoms with Gasteiger partial charge in [0.05, 0.1) is 19.1 Å². The van der Waals surface area contributed by atoms with Crippen LogP contribution in [-0.2, 0) is 4.79 Å². The van der Waals surface area contributed by atoms with Gasteiger partial charge in [0, 0.05) is 11.3 Å². The van der Waals surface area contributed by atoms with Crippen molar-refractivity contribution in [1.29, 1.82) is 0 Å². The Morgan fingerprint density at radius 3 is 2.50 bits per heavy atom. The first-order valence-electron chi connectivity index (χ1n) is 10.7. The summed E-state index contributed by atoms with van der Waals surface area (Å²) >= 11 is 1.30. The highest BCUT2D eigenvalue weighted by molar-refractivity contribution is 7.99.